The third kappa shape index (κ3) is 5.21. The summed E-state index contributed by atoms with van der Waals surface area (Å²) >= 11 is 0. The van der Waals surface area contributed by atoms with E-state index >= 15 is 0 Å². The second-order valence-electron chi connectivity index (χ2n) is 9.06. The first-order valence-corrected chi connectivity index (χ1v) is 10.8. The summed E-state index contributed by atoms with van der Waals surface area (Å²) < 4.78 is 7.99. The minimum Gasteiger partial charge on any atom is -0.457 e. The van der Waals surface area contributed by atoms with Crippen molar-refractivity contribution < 1.29 is 14.6 Å². The molecule has 0 bridgehead atoms. The van der Waals surface area contributed by atoms with Crippen LogP contribution in [0.2, 0.25) is 0 Å². The third-order valence-electron chi connectivity index (χ3n) is 5.42. The largest absolute Gasteiger partial charge is 0.457 e. The number of carbonyl (C=O) groups is 1. The number of aliphatic hydroxyl groups is 1. The van der Waals surface area contributed by atoms with Crippen molar-refractivity contribution in [1.29, 1.82) is 0 Å². The minimum absolute atomic E-state index is 0.0640. The van der Waals surface area contributed by atoms with Gasteiger partial charge in [-0.05, 0) is 41.3 Å². The lowest BCUT2D eigenvalue weighted by Crippen LogP contribution is -2.11. The van der Waals surface area contributed by atoms with Crippen molar-refractivity contribution in [3.8, 4) is 11.5 Å². The molecule has 2 heterocycles. The Hall–Kier alpha value is -3.71. The highest BCUT2D eigenvalue weighted by molar-refractivity contribution is 5.82. The molecule has 4 aromatic rings. The average Bonchev–Trinajstić information content (AvgIpc) is 3.08. The number of nitrogens with one attached hydrogen (secondary N) is 1. The monoisotopic (exact) mass is 444 g/mol. The van der Waals surface area contributed by atoms with Gasteiger partial charge in [0.2, 0.25) is 5.95 Å². The van der Waals surface area contributed by atoms with E-state index in [2.05, 4.69) is 49.3 Å². The van der Waals surface area contributed by atoms with Gasteiger partial charge in [-0.15, -0.1) is 0 Å². The van der Waals surface area contributed by atoms with Crippen molar-refractivity contribution >= 4 is 28.5 Å². The van der Waals surface area contributed by atoms with Crippen LogP contribution in [-0.4, -0.2) is 32.0 Å². The number of aliphatic hydroxyl groups excluding tert-OH is 1. The fourth-order valence-electron chi connectivity index (χ4n) is 3.56. The van der Waals surface area contributed by atoms with Gasteiger partial charge in [0.1, 0.15) is 18.1 Å². The molecule has 0 saturated heterocycles. The Morgan fingerprint density at radius 1 is 1.09 bits per heavy atom. The van der Waals surface area contributed by atoms with Crippen molar-refractivity contribution in [2.24, 2.45) is 7.05 Å². The van der Waals surface area contributed by atoms with Gasteiger partial charge < -0.3 is 19.7 Å². The summed E-state index contributed by atoms with van der Waals surface area (Å²) in [6.45, 7) is 6.08. The van der Waals surface area contributed by atoms with Gasteiger partial charge in [-0.25, -0.2) is 4.98 Å². The highest BCUT2D eigenvalue weighted by Crippen LogP contribution is 2.30. The summed E-state index contributed by atoms with van der Waals surface area (Å²) in [5.74, 6) is 1.65. The van der Waals surface area contributed by atoms with Crippen LogP contribution in [0.3, 0.4) is 0 Å². The van der Waals surface area contributed by atoms with Gasteiger partial charge in [0, 0.05) is 31.1 Å². The maximum absolute atomic E-state index is 11.5. The summed E-state index contributed by atoms with van der Waals surface area (Å²) in [5.41, 5.74) is 4.62. The van der Waals surface area contributed by atoms with Crippen molar-refractivity contribution in [3.63, 3.8) is 0 Å². The summed E-state index contributed by atoms with van der Waals surface area (Å²) in [6.07, 6.45) is 1.65. The zero-order valence-electron chi connectivity index (χ0n) is 19.3. The first kappa shape index (κ1) is 22.5. The number of benzene rings is 2. The molecule has 0 amide bonds. The van der Waals surface area contributed by atoms with Crippen LogP contribution >= 0.6 is 0 Å². The van der Waals surface area contributed by atoms with Gasteiger partial charge >= 0.3 is 0 Å². The average molecular weight is 445 g/mol. The number of carbonyl (C=O) groups excluding carboxylic acids is 1. The lowest BCUT2D eigenvalue weighted by molar-refractivity contribution is -0.121. The summed E-state index contributed by atoms with van der Waals surface area (Å²) in [7, 11) is 1.97. The number of Topliss-reactive ketones (excluding diaryl/α,β-unsaturated/α-hetero) is 1. The lowest BCUT2D eigenvalue weighted by Gasteiger charge is -2.20. The molecule has 0 fully saturated rings. The van der Waals surface area contributed by atoms with E-state index in [-0.39, 0.29) is 17.6 Å². The standard InChI is InChI=1S/C26H28N4O3/c1-26(2,3)17-6-5-7-18(12-17)28-25-29-23-15-21(8-9-24(23)30(25)4)33-22-10-11-27-19(14-22)13-20(32)16-31/h5-12,14-15,31H,13,16H2,1-4H3,(H,28,29). The van der Waals surface area contributed by atoms with Crippen LogP contribution in [0.4, 0.5) is 11.6 Å². The van der Waals surface area contributed by atoms with Gasteiger partial charge in [-0.3, -0.25) is 9.78 Å². The van der Waals surface area contributed by atoms with E-state index in [1.54, 1.807) is 18.3 Å². The van der Waals surface area contributed by atoms with Crippen molar-refractivity contribution in [1.82, 2.24) is 14.5 Å². The van der Waals surface area contributed by atoms with Crippen molar-refractivity contribution in [3.05, 3.63) is 72.1 Å². The molecule has 0 aliphatic rings. The molecule has 0 spiro atoms. The molecular weight excluding hydrogens is 416 g/mol. The highest BCUT2D eigenvalue weighted by Gasteiger charge is 2.15. The van der Waals surface area contributed by atoms with Crippen LogP contribution in [0.5, 0.6) is 11.5 Å². The molecule has 0 atom stereocenters. The van der Waals surface area contributed by atoms with Crippen LogP contribution in [0.15, 0.2) is 60.8 Å². The second kappa shape index (κ2) is 9.03. The Morgan fingerprint density at radius 3 is 2.64 bits per heavy atom. The van der Waals surface area contributed by atoms with Crippen LogP contribution in [0.1, 0.15) is 32.0 Å². The summed E-state index contributed by atoms with van der Waals surface area (Å²) in [6, 6.07) is 17.5. The fourth-order valence-corrected chi connectivity index (χ4v) is 3.56. The van der Waals surface area contributed by atoms with E-state index in [1.807, 2.05) is 35.9 Å². The molecular formula is C26H28N4O3. The summed E-state index contributed by atoms with van der Waals surface area (Å²) in [4.78, 5) is 20.4. The second-order valence-corrected chi connectivity index (χ2v) is 9.06. The number of hydrogen-bond donors (Lipinski definition) is 2. The minimum atomic E-state index is -0.500. The molecule has 7 nitrogen and oxygen atoms in total. The van der Waals surface area contributed by atoms with Gasteiger partial charge in [0.15, 0.2) is 5.78 Å². The number of imidazole rings is 1. The van der Waals surface area contributed by atoms with Gasteiger partial charge in [0.25, 0.3) is 0 Å². The third-order valence-corrected chi connectivity index (χ3v) is 5.42. The smallest absolute Gasteiger partial charge is 0.208 e. The maximum Gasteiger partial charge on any atom is 0.208 e. The van der Waals surface area contributed by atoms with Crippen LogP contribution in [0.25, 0.3) is 11.0 Å². The molecule has 7 heteroatoms. The van der Waals surface area contributed by atoms with Gasteiger partial charge in [-0.1, -0.05) is 32.9 Å². The molecule has 2 aromatic heterocycles. The molecule has 170 valence electrons. The Labute approximate surface area is 193 Å². The molecule has 0 aliphatic heterocycles. The maximum atomic E-state index is 11.5. The molecule has 2 N–H and O–H groups in total. The number of pyridine rings is 1. The van der Waals surface area contributed by atoms with Crippen LogP contribution in [-0.2, 0) is 23.7 Å². The zero-order valence-corrected chi connectivity index (χ0v) is 19.3. The normalized spacial score (nSPS) is 11.5. The predicted octanol–water partition coefficient (Wildman–Crippen LogP) is 4.91. The Bertz CT molecular complexity index is 1300. The van der Waals surface area contributed by atoms with E-state index < -0.39 is 6.61 Å². The number of anilines is 2. The Morgan fingerprint density at radius 2 is 1.88 bits per heavy atom. The van der Waals surface area contributed by atoms with E-state index in [1.165, 1.54) is 5.56 Å². The van der Waals surface area contributed by atoms with Crippen LogP contribution < -0.4 is 10.1 Å². The van der Waals surface area contributed by atoms with Crippen molar-refractivity contribution in [2.45, 2.75) is 32.6 Å². The van der Waals surface area contributed by atoms with E-state index in [0.29, 0.717) is 17.2 Å². The number of aromatic nitrogens is 3. The molecule has 0 saturated carbocycles. The predicted molar refractivity (Wildman–Crippen MR) is 129 cm³/mol. The molecule has 4 rings (SSSR count). The number of nitrogens with zero attached hydrogens (tertiary/aromatic N) is 3. The quantitative estimate of drug-likeness (QED) is 0.421. The van der Waals surface area contributed by atoms with Crippen LogP contribution in [0, 0.1) is 0 Å². The number of ketones is 1. The molecule has 0 unspecified atom stereocenters. The molecule has 33 heavy (non-hydrogen) atoms. The number of hydrogen-bond acceptors (Lipinski definition) is 6. The molecule has 0 aliphatic carbocycles. The highest BCUT2D eigenvalue weighted by atomic mass is 16.5. The fraction of sp³-hybridized carbons (Fsp3) is 0.269. The number of rotatable bonds is 7. The molecule has 0 radical (unpaired) electrons. The van der Waals surface area contributed by atoms with Gasteiger partial charge in [-0.2, -0.15) is 0 Å². The number of aryl methyl sites for hydroxylation is 1. The Kier molecular flexibility index (Phi) is 6.16. The van der Waals surface area contributed by atoms with E-state index in [0.717, 1.165) is 22.7 Å². The van der Waals surface area contributed by atoms with E-state index in [9.17, 15) is 4.79 Å². The molecule has 2 aromatic carbocycles. The number of ether oxygens (including phenoxy) is 1. The van der Waals surface area contributed by atoms with Crippen molar-refractivity contribution in [2.75, 3.05) is 11.9 Å². The van der Waals surface area contributed by atoms with Gasteiger partial charge in [0.05, 0.1) is 23.1 Å². The summed E-state index contributed by atoms with van der Waals surface area (Å²) in [5, 5.41) is 12.4. The first-order valence-electron chi connectivity index (χ1n) is 10.8. The zero-order chi connectivity index (χ0) is 23.6. The topological polar surface area (TPSA) is 89.3 Å². The lowest BCUT2D eigenvalue weighted by atomic mass is 9.87. The SMILES string of the molecule is Cn1c(Nc2cccc(C(C)(C)C)c2)nc2cc(Oc3ccnc(CC(=O)CO)c3)ccc21. The Balaban J connectivity index is 1.56. The van der Waals surface area contributed by atoms with E-state index in [4.69, 9.17) is 14.8 Å². The first-order chi connectivity index (χ1) is 15.7. The number of fused-ring (bicyclic) bond motifs is 1.